The van der Waals surface area contributed by atoms with Gasteiger partial charge in [-0.25, -0.2) is 0 Å². The Labute approximate surface area is 125 Å². The summed E-state index contributed by atoms with van der Waals surface area (Å²) in [5.41, 5.74) is 0.478. The normalized spacial score (nSPS) is 11.2. The highest BCUT2D eigenvalue weighted by molar-refractivity contribution is 9.10. The Morgan fingerprint density at radius 2 is 1.95 bits per heavy atom. The zero-order valence-electron chi connectivity index (χ0n) is 10.9. The summed E-state index contributed by atoms with van der Waals surface area (Å²) in [5, 5.41) is 3.59. The SMILES string of the molecule is CCC(CC)CNc1cc(Cl)cc(Br)c1OC(F)F. The number of anilines is 1. The predicted octanol–water partition coefficient (Wildman–Crippen LogP) is 5.55. The van der Waals surface area contributed by atoms with Crippen LogP contribution in [-0.4, -0.2) is 13.2 Å². The van der Waals surface area contributed by atoms with E-state index < -0.39 is 6.61 Å². The first-order chi connectivity index (χ1) is 8.97. The molecule has 0 aliphatic heterocycles. The minimum Gasteiger partial charge on any atom is -0.431 e. The maximum absolute atomic E-state index is 12.4. The van der Waals surface area contributed by atoms with E-state index in [0.717, 1.165) is 12.8 Å². The van der Waals surface area contributed by atoms with Crippen molar-refractivity contribution >= 4 is 33.2 Å². The molecule has 1 N–H and O–H groups in total. The first kappa shape index (κ1) is 16.5. The van der Waals surface area contributed by atoms with Crippen molar-refractivity contribution in [2.45, 2.75) is 33.3 Å². The predicted molar refractivity (Wildman–Crippen MR) is 78.3 cm³/mol. The molecule has 0 heterocycles. The molecule has 0 aromatic heterocycles. The second kappa shape index (κ2) is 7.90. The number of hydrogen-bond acceptors (Lipinski definition) is 2. The summed E-state index contributed by atoms with van der Waals surface area (Å²) < 4.78 is 29.8. The van der Waals surface area contributed by atoms with Gasteiger partial charge in [-0.05, 0) is 34.0 Å². The lowest BCUT2D eigenvalue weighted by molar-refractivity contribution is -0.0498. The summed E-state index contributed by atoms with van der Waals surface area (Å²) >= 11 is 9.11. The molecule has 1 rings (SSSR count). The van der Waals surface area contributed by atoms with E-state index in [-0.39, 0.29) is 5.75 Å². The van der Waals surface area contributed by atoms with E-state index >= 15 is 0 Å². The molecule has 0 unspecified atom stereocenters. The first-order valence-electron chi connectivity index (χ1n) is 6.15. The van der Waals surface area contributed by atoms with Crippen LogP contribution in [0.5, 0.6) is 5.75 Å². The van der Waals surface area contributed by atoms with E-state index in [1.807, 2.05) is 0 Å². The third-order valence-corrected chi connectivity index (χ3v) is 3.76. The number of alkyl halides is 2. The number of halogens is 4. The topological polar surface area (TPSA) is 21.3 Å². The van der Waals surface area contributed by atoms with Crippen LogP contribution in [0.1, 0.15) is 26.7 Å². The van der Waals surface area contributed by atoms with Crippen LogP contribution in [0.15, 0.2) is 16.6 Å². The zero-order valence-corrected chi connectivity index (χ0v) is 13.2. The summed E-state index contributed by atoms with van der Waals surface area (Å²) in [6, 6.07) is 3.12. The van der Waals surface area contributed by atoms with Gasteiger partial charge in [-0.3, -0.25) is 0 Å². The summed E-state index contributed by atoms with van der Waals surface area (Å²) in [7, 11) is 0. The number of rotatable bonds is 7. The molecule has 0 amide bonds. The fourth-order valence-electron chi connectivity index (χ4n) is 1.73. The molecule has 108 valence electrons. The molecule has 1 aromatic rings. The van der Waals surface area contributed by atoms with E-state index in [9.17, 15) is 8.78 Å². The van der Waals surface area contributed by atoms with Gasteiger partial charge in [0.25, 0.3) is 0 Å². The van der Waals surface area contributed by atoms with Gasteiger partial charge in [0, 0.05) is 11.6 Å². The Hall–Kier alpha value is -0.550. The average Bonchev–Trinajstić information content (AvgIpc) is 2.34. The first-order valence-corrected chi connectivity index (χ1v) is 7.32. The lowest BCUT2D eigenvalue weighted by Crippen LogP contribution is -2.14. The average molecular weight is 357 g/mol. The van der Waals surface area contributed by atoms with Gasteiger partial charge in [-0.1, -0.05) is 38.3 Å². The highest BCUT2D eigenvalue weighted by atomic mass is 79.9. The fraction of sp³-hybridized carbons (Fsp3) is 0.538. The van der Waals surface area contributed by atoms with Crippen molar-refractivity contribution in [3.8, 4) is 5.75 Å². The van der Waals surface area contributed by atoms with Gasteiger partial charge in [0.2, 0.25) is 0 Å². The molecule has 0 aliphatic rings. The van der Waals surface area contributed by atoms with E-state index in [1.54, 1.807) is 6.07 Å². The van der Waals surface area contributed by atoms with Gasteiger partial charge in [-0.15, -0.1) is 0 Å². The van der Waals surface area contributed by atoms with Gasteiger partial charge >= 0.3 is 6.61 Å². The van der Waals surface area contributed by atoms with E-state index in [2.05, 4.69) is 39.8 Å². The van der Waals surface area contributed by atoms with Crippen LogP contribution in [0, 0.1) is 5.92 Å². The molecule has 2 nitrogen and oxygen atoms in total. The molecular weight excluding hydrogens is 340 g/mol. The Balaban J connectivity index is 2.90. The number of benzene rings is 1. The summed E-state index contributed by atoms with van der Waals surface area (Å²) in [6.07, 6.45) is 2.05. The van der Waals surface area contributed by atoms with E-state index in [1.165, 1.54) is 6.07 Å². The fourth-order valence-corrected chi connectivity index (χ4v) is 2.64. The Morgan fingerprint density at radius 3 is 2.47 bits per heavy atom. The molecule has 1 aromatic carbocycles. The highest BCUT2D eigenvalue weighted by Crippen LogP contribution is 2.37. The highest BCUT2D eigenvalue weighted by Gasteiger charge is 2.15. The second-order valence-electron chi connectivity index (χ2n) is 4.21. The summed E-state index contributed by atoms with van der Waals surface area (Å²) in [5.74, 6) is 0.572. The third-order valence-electron chi connectivity index (χ3n) is 2.95. The van der Waals surface area contributed by atoms with Crippen LogP contribution in [0.25, 0.3) is 0 Å². The largest absolute Gasteiger partial charge is 0.431 e. The second-order valence-corrected chi connectivity index (χ2v) is 5.50. The monoisotopic (exact) mass is 355 g/mol. The van der Waals surface area contributed by atoms with Crippen LogP contribution in [0.2, 0.25) is 5.02 Å². The minimum absolute atomic E-state index is 0.0883. The lowest BCUT2D eigenvalue weighted by atomic mass is 10.0. The number of nitrogens with one attached hydrogen (secondary N) is 1. The molecule has 0 bridgehead atoms. The molecule has 0 radical (unpaired) electrons. The van der Waals surface area contributed by atoms with Crippen molar-refractivity contribution < 1.29 is 13.5 Å². The van der Waals surface area contributed by atoms with Crippen molar-refractivity contribution in [2.24, 2.45) is 5.92 Å². The standard InChI is InChI=1S/C13H17BrClF2NO/c1-3-8(4-2)7-18-11-6-9(15)5-10(14)12(11)19-13(16)17/h5-6,8,13,18H,3-4,7H2,1-2H3. The maximum atomic E-state index is 12.4. The Bertz CT molecular complexity index is 414. The Morgan fingerprint density at radius 1 is 1.32 bits per heavy atom. The molecule has 0 atom stereocenters. The van der Waals surface area contributed by atoms with Crippen molar-refractivity contribution in [1.82, 2.24) is 0 Å². The van der Waals surface area contributed by atoms with Crippen LogP contribution < -0.4 is 10.1 Å². The van der Waals surface area contributed by atoms with Gasteiger partial charge in [0.1, 0.15) is 0 Å². The molecule has 0 aliphatic carbocycles. The molecule has 0 spiro atoms. The van der Waals surface area contributed by atoms with Crippen LogP contribution in [-0.2, 0) is 0 Å². The Kier molecular flexibility index (Phi) is 6.86. The van der Waals surface area contributed by atoms with Crippen molar-refractivity contribution in [1.29, 1.82) is 0 Å². The smallest absolute Gasteiger partial charge is 0.387 e. The molecule has 0 saturated heterocycles. The molecule has 0 saturated carbocycles. The van der Waals surface area contributed by atoms with Gasteiger partial charge in [0.05, 0.1) is 10.2 Å². The quantitative estimate of drug-likeness (QED) is 0.691. The number of hydrogen-bond donors (Lipinski definition) is 1. The van der Waals surface area contributed by atoms with Gasteiger partial charge < -0.3 is 10.1 Å². The summed E-state index contributed by atoms with van der Waals surface area (Å²) in [4.78, 5) is 0. The third kappa shape index (κ3) is 5.15. The number of ether oxygens (including phenoxy) is 1. The van der Waals surface area contributed by atoms with Crippen LogP contribution in [0.3, 0.4) is 0 Å². The minimum atomic E-state index is -2.87. The van der Waals surface area contributed by atoms with Crippen molar-refractivity contribution in [3.63, 3.8) is 0 Å². The van der Waals surface area contributed by atoms with E-state index in [0.29, 0.717) is 27.6 Å². The van der Waals surface area contributed by atoms with Crippen molar-refractivity contribution in [2.75, 3.05) is 11.9 Å². The van der Waals surface area contributed by atoms with Crippen LogP contribution >= 0.6 is 27.5 Å². The molecule has 19 heavy (non-hydrogen) atoms. The summed E-state index contributed by atoms with van der Waals surface area (Å²) in [6.45, 7) is 2.02. The zero-order chi connectivity index (χ0) is 14.4. The van der Waals surface area contributed by atoms with Gasteiger partial charge in [0.15, 0.2) is 5.75 Å². The molecule has 0 fully saturated rings. The van der Waals surface area contributed by atoms with Gasteiger partial charge in [-0.2, -0.15) is 8.78 Å². The molecule has 6 heteroatoms. The van der Waals surface area contributed by atoms with Crippen molar-refractivity contribution in [3.05, 3.63) is 21.6 Å². The van der Waals surface area contributed by atoms with E-state index in [4.69, 9.17) is 11.6 Å². The molecular formula is C13H17BrClF2NO. The maximum Gasteiger partial charge on any atom is 0.387 e. The lowest BCUT2D eigenvalue weighted by Gasteiger charge is -2.18. The van der Waals surface area contributed by atoms with Crippen LogP contribution in [0.4, 0.5) is 14.5 Å².